The van der Waals surface area contributed by atoms with Gasteiger partial charge in [-0.2, -0.15) is 0 Å². The molecule has 0 bridgehead atoms. The number of nitrogens with two attached hydrogens (primary N) is 1. The topological polar surface area (TPSA) is 26.0 Å². The van der Waals surface area contributed by atoms with Crippen molar-refractivity contribution in [1.29, 1.82) is 0 Å². The molecular formula is C6H13N. The summed E-state index contributed by atoms with van der Waals surface area (Å²) in [6.45, 7) is 2.83. The van der Waals surface area contributed by atoms with Gasteiger partial charge in [0.15, 0.2) is 0 Å². The van der Waals surface area contributed by atoms with E-state index >= 15 is 0 Å². The lowest BCUT2D eigenvalue weighted by Crippen LogP contribution is -1.91. The maximum absolute atomic E-state index is 5.18. The van der Waals surface area contributed by atoms with Crippen LogP contribution in [0.4, 0.5) is 0 Å². The normalized spacial score (nSPS) is 10.6. The Bertz CT molecular complexity index is 48.1. The first-order chi connectivity index (χ1) is 3.41. The molecule has 7 heavy (non-hydrogen) atoms. The molecule has 0 aromatic heterocycles. The van der Waals surface area contributed by atoms with Crippen LogP contribution in [0.2, 0.25) is 0 Å². The van der Waals surface area contributed by atoms with Gasteiger partial charge < -0.3 is 5.73 Å². The second-order valence-electron chi connectivity index (χ2n) is 1.50. The van der Waals surface area contributed by atoms with Gasteiger partial charge in [0.05, 0.1) is 0 Å². The minimum atomic E-state index is 0.681. The SMILES string of the molecule is CCC/C=C/CN. The van der Waals surface area contributed by atoms with Crippen molar-refractivity contribution in [2.45, 2.75) is 19.8 Å². The lowest BCUT2D eigenvalue weighted by Gasteiger charge is -1.80. The highest BCUT2D eigenvalue weighted by Gasteiger charge is 1.68. The van der Waals surface area contributed by atoms with Crippen LogP contribution >= 0.6 is 0 Å². The standard InChI is InChI=1S/C6H13N/c1-2-3-4-5-6-7/h4-5H,2-3,6-7H2,1H3/b5-4+. The summed E-state index contributed by atoms with van der Waals surface area (Å²) in [5, 5.41) is 0. The highest BCUT2D eigenvalue weighted by molar-refractivity contribution is 4.81. The molecular weight excluding hydrogens is 86.1 g/mol. The van der Waals surface area contributed by atoms with Crippen molar-refractivity contribution in [3.05, 3.63) is 12.2 Å². The van der Waals surface area contributed by atoms with E-state index in [0.29, 0.717) is 6.54 Å². The Labute approximate surface area is 45.2 Å². The third-order valence-corrected chi connectivity index (χ3v) is 0.758. The highest BCUT2D eigenvalue weighted by Crippen LogP contribution is 1.85. The van der Waals surface area contributed by atoms with Gasteiger partial charge in [-0.25, -0.2) is 0 Å². The molecule has 2 N–H and O–H groups in total. The fraction of sp³-hybridized carbons (Fsp3) is 0.667. The predicted octanol–water partition coefficient (Wildman–Crippen LogP) is 1.30. The summed E-state index contributed by atoms with van der Waals surface area (Å²) in [5.74, 6) is 0. The number of rotatable bonds is 3. The van der Waals surface area contributed by atoms with Crippen LogP contribution in [0, 0.1) is 0 Å². The van der Waals surface area contributed by atoms with Crippen LogP contribution in [0.15, 0.2) is 12.2 Å². The molecule has 0 fully saturated rings. The monoisotopic (exact) mass is 99.1 g/mol. The van der Waals surface area contributed by atoms with E-state index in [2.05, 4.69) is 13.0 Å². The van der Waals surface area contributed by atoms with Crippen molar-refractivity contribution in [3.63, 3.8) is 0 Å². The van der Waals surface area contributed by atoms with Gasteiger partial charge in [0.2, 0.25) is 0 Å². The van der Waals surface area contributed by atoms with E-state index in [1.54, 1.807) is 0 Å². The molecule has 0 saturated heterocycles. The molecule has 0 aromatic carbocycles. The van der Waals surface area contributed by atoms with E-state index in [9.17, 15) is 0 Å². The zero-order valence-electron chi connectivity index (χ0n) is 4.85. The van der Waals surface area contributed by atoms with Crippen LogP contribution in [0.25, 0.3) is 0 Å². The number of unbranched alkanes of at least 4 members (excludes halogenated alkanes) is 1. The molecule has 1 heteroatoms. The van der Waals surface area contributed by atoms with Crippen LogP contribution in [-0.2, 0) is 0 Å². The summed E-state index contributed by atoms with van der Waals surface area (Å²) in [5.41, 5.74) is 5.18. The van der Waals surface area contributed by atoms with Gasteiger partial charge in [-0.05, 0) is 6.42 Å². The van der Waals surface area contributed by atoms with Gasteiger partial charge in [0.1, 0.15) is 0 Å². The van der Waals surface area contributed by atoms with Crippen molar-refractivity contribution < 1.29 is 0 Å². The Hall–Kier alpha value is -0.300. The summed E-state index contributed by atoms with van der Waals surface area (Å²) in [6, 6.07) is 0. The maximum atomic E-state index is 5.18. The van der Waals surface area contributed by atoms with E-state index in [-0.39, 0.29) is 0 Å². The Kier molecular flexibility index (Phi) is 5.46. The Morgan fingerprint density at radius 1 is 1.43 bits per heavy atom. The van der Waals surface area contributed by atoms with Gasteiger partial charge in [-0.1, -0.05) is 25.5 Å². The molecule has 0 radical (unpaired) electrons. The van der Waals surface area contributed by atoms with Crippen molar-refractivity contribution in [1.82, 2.24) is 0 Å². The fourth-order valence-electron chi connectivity index (χ4n) is 0.381. The van der Waals surface area contributed by atoms with Crippen LogP contribution < -0.4 is 5.73 Å². The van der Waals surface area contributed by atoms with Crippen LogP contribution in [0.1, 0.15) is 19.8 Å². The van der Waals surface area contributed by atoms with Gasteiger partial charge in [-0.15, -0.1) is 0 Å². The minimum Gasteiger partial charge on any atom is -0.327 e. The Balaban J connectivity index is 2.78. The number of allylic oxidation sites excluding steroid dienone is 1. The van der Waals surface area contributed by atoms with Crippen LogP contribution in [0.5, 0.6) is 0 Å². The molecule has 1 nitrogen and oxygen atoms in total. The van der Waals surface area contributed by atoms with Crippen molar-refractivity contribution >= 4 is 0 Å². The number of hydrogen-bond donors (Lipinski definition) is 1. The summed E-state index contributed by atoms with van der Waals surface area (Å²) in [7, 11) is 0. The molecule has 0 heterocycles. The number of hydrogen-bond acceptors (Lipinski definition) is 1. The summed E-state index contributed by atoms with van der Waals surface area (Å²) < 4.78 is 0. The smallest absolute Gasteiger partial charge is 0.0106 e. The quantitative estimate of drug-likeness (QED) is 0.530. The molecule has 0 saturated carbocycles. The minimum absolute atomic E-state index is 0.681. The van der Waals surface area contributed by atoms with Gasteiger partial charge >= 0.3 is 0 Å². The van der Waals surface area contributed by atoms with E-state index in [0.717, 1.165) is 6.42 Å². The summed E-state index contributed by atoms with van der Waals surface area (Å²) >= 11 is 0. The fourth-order valence-corrected chi connectivity index (χ4v) is 0.381. The maximum Gasteiger partial charge on any atom is 0.0106 e. The zero-order valence-corrected chi connectivity index (χ0v) is 4.85. The Morgan fingerprint density at radius 2 is 2.14 bits per heavy atom. The van der Waals surface area contributed by atoms with Crippen LogP contribution in [0.3, 0.4) is 0 Å². The zero-order chi connectivity index (χ0) is 5.54. The molecule has 0 amide bonds. The average Bonchev–Trinajstić information content (AvgIpc) is 1.69. The van der Waals surface area contributed by atoms with E-state index < -0.39 is 0 Å². The van der Waals surface area contributed by atoms with E-state index in [1.165, 1.54) is 6.42 Å². The molecule has 0 aliphatic heterocycles. The molecule has 0 aliphatic rings. The molecule has 0 aliphatic carbocycles. The van der Waals surface area contributed by atoms with E-state index in [1.807, 2.05) is 6.08 Å². The van der Waals surface area contributed by atoms with Crippen molar-refractivity contribution in [2.24, 2.45) is 5.73 Å². The first kappa shape index (κ1) is 6.70. The molecule has 0 atom stereocenters. The summed E-state index contributed by atoms with van der Waals surface area (Å²) in [6.07, 6.45) is 6.48. The first-order valence-electron chi connectivity index (χ1n) is 2.77. The third-order valence-electron chi connectivity index (χ3n) is 0.758. The average molecular weight is 99.2 g/mol. The molecule has 0 spiro atoms. The molecule has 42 valence electrons. The largest absolute Gasteiger partial charge is 0.327 e. The van der Waals surface area contributed by atoms with Crippen LogP contribution in [-0.4, -0.2) is 6.54 Å². The molecule has 0 aromatic rings. The van der Waals surface area contributed by atoms with Gasteiger partial charge in [-0.3, -0.25) is 0 Å². The second-order valence-corrected chi connectivity index (χ2v) is 1.50. The highest BCUT2D eigenvalue weighted by atomic mass is 14.5. The third kappa shape index (κ3) is 5.70. The first-order valence-corrected chi connectivity index (χ1v) is 2.77. The molecule has 0 rings (SSSR count). The summed E-state index contributed by atoms with van der Waals surface area (Å²) in [4.78, 5) is 0. The Morgan fingerprint density at radius 3 is 2.57 bits per heavy atom. The van der Waals surface area contributed by atoms with Gasteiger partial charge in [0.25, 0.3) is 0 Å². The lowest BCUT2D eigenvalue weighted by atomic mass is 10.3. The van der Waals surface area contributed by atoms with E-state index in [4.69, 9.17) is 5.73 Å². The lowest BCUT2D eigenvalue weighted by molar-refractivity contribution is 0.954. The molecule has 0 unspecified atom stereocenters. The van der Waals surface area contributed by atoms with Crippen molar-refractivity contribution in [2.75, 3.05) is 6.54 Å². The second kappa shape index (κ2) is 5.70. The van der Waals surface area contributed by atoms with Gasteiger partial charge in [0, 0.05) is 6.54 Å². The van der Waals surface area contributed by atoms with Crippen molar-refractivity contribution in [3.8, 4) is 0 Å². The predicted molar refractivity (Wildman–Crippen MR) is 33.1 cm³/mol.